The van der Waals surface area contributed by atoms with Gasteiger partial charge in [-0.15, -0.1) is 0 Å². The highest BCUT2D eigenvalue weighted by Crippen LogP contribution is 2.21. The van der Waals surface area contributed by atoms with E-state index >= 15 is 0 Å². The highest BCUT2D eigenvalue weighted by molar-refractivity contribution is 5.04. The summed E-state index contributed by atoms with van der Waals surface area (Å²) in [7, 11) is 1.94. The van der Waals surface area contributed by atoms with E-state index in [2.05, 4.69) is 10.00 Å². The molecule has 0 saturated carbocycles. The second-order valence-corrected chi connectivity index (χ2v) is 4.80. The van der Waals surface area contributed by atoms with E-state index in [1.165, 1.54) is 18.4 Å². The molecule has 1 aromatic rings. The van der Waals surface area contributed by atoms with Crippen LogP contribution in [0.25, 0.3) is 0 Å². The fourth-order valence-corrected chi connectivity index (χ4v) is 2.55. The van der Waals surface area contributed by atoms with Gasteiger partial charge in [-0.3, -0.25) is 9.58 Å². The van der Waals surface area contributed by atoms with Crippen molar-refractivity contribution in [3.8, 4) is 0 Å². The molecule has 0 amide bonds. The summed E-state index contributed by atoms with van der Waals surface area (Å²) in [5.74, 6) is 0. The van der Waals surface area contributed by atoms with Crippen molar-refractivity contribution in [1.82, 2.24) is 14.7 Å². The number of aromatic nitrogens is 2. The molecular formula is C12H21N3O. The van der Waals surface area contributed by atoms with Crippen molar-refractivity contribution >= 4 is 0 Å². The number of nitrogens with zero attached hydrogens (tertiary/aromatic N) is 3. The van der Waals surface area contributed by atoms with Crippen LogP contribution in [-0.2, 0) is 13.6 Å². The molecule has 1 aromatic heterocycles. The summed E-state index contributed by atoms with van der Waals surface area (Å²) in [5, 5.41) is 13.9. The maximum atomic E-state index is 9.77. The molecule has 2 atom stereocenters. The first-order valence-electron chi connectivity index (χ1n) is 6.06. The van der Waals surface area contributed by atoms with E-state index in [0.29, 0.717) is 6.04 Å². The monoisotopic (exact) mass is 223 g/mol. The molecule has 16 heavy (non-hydrogen) atoms. The SMILES string of the molecule is CC(O)C1CCCCN1Cc1cnn(C)c1. The first-order valence-corrected chi connectivity index (χ1v) is 6.06. The third-order valence-corrected chi connectivity index (χ3v) is 3.37. The smallest absolute Gasteiger partial charge is 0.0667 e. The van der Waals surface area contributed by atoms with Gasteiger partial charge in [-0.25, -0.2) is 0 Å². The summed E-state index contributed by atoms with van der Waals surface area (Å²) in [6.07, 6.45) is 7.30. The Labute approximate surface area is 96.9 Å². The van der Waals surface area contributed by atoms with Crippen molar-refractivity contribution in [1.29, 1.82) is 0 Å². The molecular weight excluding hydrogens is 202 g/mol. The molecule has 1 fully saturated rings. The molecule has 2 unspecified atom stereocenters. The summed E-state index contributed by atoms with van der Waals surface area (Å²) in [6, 6.07) is 0.314. The van der Waals surface area contributed by atoms with Crippen LogP contribution in [0.2, 0.25) is 0 Å². The van der Waals surface area contributed by atoms with Crippen LogP contribution in [0.5, 0.6) is 0 Å². The molecule has 0 aromatic carbocycles. The van der Waals surface area contributed by atoms with Gasteiger partial charge in [-0.2, -0.15) is 5.10 Å². The molecule has 0 aliphatic carbocycles. The molecule has 4 heteroatoms. The van der Waals surface area contributed by atoms with Gasteiger partial charge in [-0.1, -0.05) is 6.42 Å². The molecule has 1 aliphatic heterocycles. The van der Waals surface area contributed by atoms with Crippen molar-refractivity contribution in [2.45, 2.75) is 44.9 Å². The third kappa shape index (κ3) is 2.62. The molecule has 1 N–H and O–H groups in total. The van der Waals surface area contributed by atoms with E-state index in [9.17, 15) is 5.11 Å². The van der Waals surface area contributed by atoms with E-state index in [-0.39, 0.29) is 6.10 Å². The third-order valence-electron chi connectivity index (χ3n) is 3.37. The number of aliphatic hydroxyl groups excluding tert-OH is 1. The normalized spacial score (nSPS) is 24.6. The highest BCUT2D eigenvalue weighted by Gasteiger charge is 2.26. The fourth-order valence-electron chi connectivity index (χ4n) is 2.55. The van der Waals surface area contributed by atoms with E-state index in [4.69, 9.17) is 0 Å². The summed E-state index contributed by atoms with van der Waals surface area (Å²) in [4.78, 5) is 2.38. The average Bonchev–Trinajstić information content (AvgIpc) is 2.64. The molecule has 0 radical (unpaired) electrons. The number of hydrogen-bond donors (Lipinski definition) is 1. The number of aryl methyl sites for hydroxylation is 1. The molecule has 4 nitrogen and oxygen atoms in total. The Morgan fingerprint density at radius 3 is 3.00 bits per heavy atom. The lowest BCUT2D eigenvalue weighted by atomic mass is 9.98. The van der Waals surface area contributed by atoms with Gasteiger partial charge in [0, 0.05) is 31.4 Å². The van der Waals surface area contributed by atoms with Gasteiger partial charge in [0.05, 0.1) is 12.3 Å². The topological polar surface area (TPSA) is 41.3 Å². The number of likely N-dealkylation sites (tertiary alicyclic amines) is 1. The predicted molar refractivity (Wildman–Crippen MR) is 62.9 cm³/mol. The van der Waals surface area contributed by atoms with Crippen molar-refractivity contribution in [2.75, 3.05) is 6.54 Å². The molecule has 1 saturated heterocycles. The van der Waals surface area contributed by atoms with Gasteiger partial charge in [0.15, 0.2) is 0 Å². The van der Waals surface area contributed by atoms with Crippen LogP contribution in [0.4, 0.5) is 0 Å². The van der Waals surface area contributed by atoms with E-state index in [1.807, 2.05) is 31.0 Å². The fraction of sp³-hybridized carbons (Fsp3) is 0.750. The van der Waals surface area contributed by atoms with Gasteiger partial charge >= 0.3 is 0 Å². The molecule has 0 spiro atoms. The van der Waals surface area contributed by atoms with Crippen LogP contribution in [0.15, 0.2) is 12.4 Å². The summed E-state index contributed by atoms with van der Waals surface area (Å²) < 4.78 is 1.83. The first kappa shape index (κ1) is 11.6. The first-order chi connectivity index (χ1) is 7.66. The summed E-state index contributed by atoms with van der Waals surface area (Å²) >= 11 is 0. The van der Waals surface area contributed by atoms with Crippen LogP contribution in [-0.4, -0.2) is 38.5 Å². The van der Waals surface area contributed by atoms with Crippen molar-refractivity contribution in [3.63, 3.8) is 0 Å². The molecule has 1 aliphatic rings. The number of aliphatic hydroxyl groups is 1. The van der Waals surface area contributed by atoms with E-state index in [0.717, 1.165) is 19.5 Å². The highest BCUT2D eigenvalue weighted by atomic mass is 16.3. The molecule has 90 valence electrons. The van der Waals surface area contributed by atoms with Crippen LogP contribution < -0.4 is 0 Å². The van der Waals surface area contributed by atoms with Crippen LogP contribution >= 0.6 is 0 Å². The Morgan fingerprint density at radius 2 is 2.38 bits per heavy atom. The minimum atomic E-state index is -0.239. The Morgan fingerprint density at radius 1 is 1.56 bits per heavy atom. The van der Waals surface area contributed by atoms with E-state index < -0.39 is 0 Å². The van der Waals surface area contributed by atoms with Crippen molar-refractivity contribution in [3.05, 3.63) is 18.0 Å². The maximum Gasteiger partial charge on any atom is 0.0667 e. The molecule has 2 rings (SSSR count). The van der Waals surface area contributed by atoms with E-state index in [1.54, 1.807) is 0 Å². The quantitative estimate of drug-likeness (QED) is 0.836. The standard InChI is InChI=1S/C12H21N3O/c1-10(16)12-5-3-4-6-15(12)9-11-7-13-14(2)8-11/h7-8,10,12,16H,3-6,9H2,1-2H3. The Hall–Kier alpha value is -0.870. The van der Waals surface area contributed by atoms with Gasteiger partial charge in [-0.05, 0) is 26.3 Å². The average molecular weight is 223 g/mol. The lowest BCUT2D eigenvalue weighted by molar-refractivity contribution is 0.0316. The minimum Gasteiger partial charge on any atom is -0.392 e. The van der Waals surface area contributed by atoms with Crippen molar-refractivity contribution < 1.29 is 5.11 Å². The zero-order chi connectivity index (χ0) is 11.5. The van der Waals surface area contributed by atoms with Crippen molar-refractivity contribution in [2.24, 2.45) is 7.05 Å². The number of piperidine rings is 1. The lowest BCUT2D eigenvalue weighted by Gasteiger charge is -2.37. The van der Waals surface area contributed by atoms with Gasteiger partial charge in [0.1, 0.15) is 0 Å². The Balaban J connectivity index is 2.01. The molecule has 0 bridgehead atoms. The van der Waals surface area contributed by atoms with Gasteiger partial charge in [0.25, 0.3) is 0 Å². The maximum absolute atomic E-state index is 9.77. The lowest BCUT2D eigenvalue weighted by Crippen LogP contribution is -2.45. The second-order valence-electron chi connectivity index (χ2n) is 4.80. The molecule has 2 heterocycles. The summed E-state index contributed by atoms with van der Waals surface area (Å²) in [6.45, 7) is 3.89. The van der Waals surface area contributed by atoms with Crippen LogP contribution in [0.3, 0.4) is 0 Å². The number of hydrogen-bond acceptors (Lipinski definition) is 3. The number of rotatable bonds is 3. The van der Waals surface area contributed by atoms with Crippen LogP contribution in [0.1, 0.15) is 31.7 Å². The zero-order valence-electron chi connectivity index (χ0n) is 10.1. The van der Waals surface area contributed by atoms with Gasteiger partial charge < -0.3 is 5.11 Å². The summed E-state index contributed by atoms with van der Waals surface area (Å²) in [5.41, 5.74) is 1.23. The largest absolute Gasteiger partial charge is 0.392 e. The minimum absolute atomic E-state index is 0.239. The van der Waals surface area contributed by atoms with Gasteiger partial charge in [0.2, 0.25) is 0 Å². The zero-order valence-corrected chi connectivity index (χ0v) is 10.1. The predicted octanol–water partition coefficient (Wildman–Crippen LogP) is 1.16. The second kappa shape index (κ2) is 4.97. The van der Waals surface area contributed by atoms with Crippen LogP contribution in [0, 0.1) is 0 Å². The Bertz CT molecular complexity index is 335. The Kier molecular flexibility index (Phi) is 3.61.